The van der Waals surface area contributed by atoms with E-state index < -0.39 is 0 Å². The normalized spacial score (nSPS) is 19.7. The summed E-state index contributed by atoms with van der Waals surface area (Å²) in [4.78, 5) is 12.9. The Bertz CT molecular complexity index is 398. The Labute approximate surface area is 93.2 Å². The second kappa shape index (κ2) is 3.85. The van der Waals surface area contributed by atoms with Gasteiger partial charge >= 0.3 is 5.97 Å². The largest absolute Gasteiger partial charge is 0.465 e. The first-order chi connectivity index (χ1) is 7.15. The van der Waals surface area contributed by atoms with Crippen molar-refractivity contribution in [1.29, 1.82) is 0 Å². The zero-order valence-corrected chi connectivity index (χ0v) is 9.82. The minimum absolute atomic E-state index is 0.293. The van der Waals surface area contributed by atoms with E-state index in [1.165, 1.54) is 18.4 Å². The predicted molar refractivity (Wildman–Crippen MR) is 61.4 cm³/mol. The second-order valence-electron chi connectivity index (χ2n) is 3.96. The van der Waals surface area contributed by atoms with E-state index in [1.807, 2.05) is 0 Å². The highest BCUT2D eigenvalue weighted by molar-refractivity contribution is 7.16. The topological polar surface area (TPSA) is 52.3 Å². The van der Waals surface area contributed by atoms with E-state index in [1.54, 1.807) is 11.3 Å². The number of aryl methyl sites for hydroxylation is 1. The van der Waals surface area contributed by atoms with Gasteiger partial charge in [-0.2, -0.15) is 0 Å². The van der Waals surface area contributed by atoms with Gasteiger partial charge in [-0.1, -0.05) is 6.92 Å². The van der Waals surface area contributed by atoms with Crippen molar-refractivity contribution in [2.75, 3.05) is 12.8 Å². The molecule has 3 nitrogen and oxygen atoms in total. The van der Waals surface area contributed by atoms with Crippen LogP contribution in [-0.4, -0.2) is 13.1 Å². The van der Waals surface area contributed by atoms with Crippen LogP contribution in [0.2, 0.25) is 0 Å². The lowest BCUT2D eigenvalue weighted by Crippen LogP contribution is -2.11. The molecule has 1 heterocycles. The number of esters is 1. The molecule has 0 fully saturated rings. The van der Waals surface area contributed by atoms with Crippen molar-refractivity contribution in [2.24, 2.45) is 0 Å². The van der Waals surface area contributed by atoms with Crippen LogP contribution in [0, 0.1) is 0 Å². The lowest BCUT2D eigenvalue weighted by Gasteiger charge is -2.19. The van der Waals surface area contributed by atoms with Gasteiger partial charge in [0.1, 0.15) is 5.00 Å². The summed E-state index contributed by atoms with van der Waals surface area (Å²) in [5.74, 6) is 0.134. The number of nitrogen functional groups attached to an aromatic ring is 1. The van der Waals surface area contributed by atoms with Gasteiger partial charge < -0.3 is 10.5 Å². The summed E-state index contributed by atoms with van der Waals surface area (Å²) in [7, 11) is 1.40. The molecule has 2 rings (SSSR count). The number of carbonyl (C=O) groups is 1. The Morgan fingerprint density at radius 1 is 1.60 bits per heavy atom. The van der Waals surface area contributed by atoms with Crippen LogP contribution in [0.3, 0.4) is 0 Å². The molecule has 2 N–H and O–H groups in total. The van der Waals surface area contributed by atoms with E-state index in [-0.39, 0.29) is 5.97 Å². The molecule has 0 bridgehead atoms. The third kappa shape index (κ3) is 1.63. The van der Waals surface area contributed by atoms with Gasteiger partial charge in [-0.05, 0) is 30.7 Å². The fraction of sp³-hybridized carbons (Fsp3) is 0.545. The second-order valence-corrected chi connectivity index (χ2v) is 5.10. The number of rotatable bonds is 1. The molecule has 1 atom stereocenters. The zero-order chi connectivity index (χ0) is 11.0. The number of fused-ring (bicyclic) bond motifs is 1. The Balaban J connectivity index is 2.54. The van der Waals surface area contributed by atoms with Gasteiger partial charge in [-0.15, -0.1) is 11.3 Å². The number of ether oxygens (including phenoxy) is 1. The van der Waals surface area contributed by atoms with Gasteiger partial charge in [0.25, 0.3) is 0 Å². The molecule has 0 saturated carbocycles. The summed E-state index contributed by atoms with van der Waals surface area (Å²) in [6.45, 7) is 2.15. The lowest BCUT2D eigenvalue weighted by molar-refractivity contribution is 0.0600. The molecule has 0 amide bonds. The average Bonchev–Trinajstić information content (AvgIpc) is 2.55. The van der Waals surface area contributed by atoms with Crippen molar-refractivity contribution in [3.05, 3.63) is 16.0 Å². The van der Waals surface area contributed by atoms with Gasteiger partial charge in [0, 0.05) is 4.88 Å². The molecule has 1 aromatic rings. The van der Waals surface area contributed by atoms with Crippen LogP contribution in [0.25, 0.3) is 0 Å². The number of nitrogens with two attached hydrogens (primary N) is 1. The molecule has 1 aromatic heterocycles. The third-order valence-corrected chi connectivity index (χ3v) is 4.07. The lowest BCUT2D eigenvalue weighted by atomic mass is 9.86. The summed E-state index contributed by atoms with van der Waals surface area (Å²) in [6.07, 6.45) is 3.37. The van der Waals surface area contributed by atoms with Crippen LogP contribution in [0.5, 0.6) is 0 Å². The Kier molecular flexibility index (Phi) is 2.69. The van der Waals surface area contributed by atoms with Crippen LogP contribution in [0.1, 0.15) is 46.5 Å². The fourth-order valence-corrected chi connectivity index (χ4v) is 3.46. The molecule has 0 aliphatic heterocycles. The van der Waals surface area contributed by atoms with Crippen LogP contribution >= 0.6 is 11.3 Å². The van der Waals surface area contributed by atoms with Crippen molar-refractivity contribution in [2.45, 2.75) is 32.1 Å². The molecular weight excluding hydrogens is 210 g/mol. The number of hydrogen-bond donors (Lipinski definition) is 1. The van der Waals surface area contributed by atoms with Crippen molar-refractivity contribution in [3.63, 3.8) is 0 Å². The van der Waals surface area contributed by atoms with Gasteiger partial charge in [0.15, 0.2) is 0 Å². The Morgan fingerprint density at radius 3 is 3.00 bits per heavy atom. The third-order valence-electron chi connectivity index (χ3n) is 2.97. The molecule has 15 heavy (non-hydrogen) atoms. The van der Waals surface area contributed by atoms with Crippen LogP contribution in [0.15, 0.2) is 0 Å². The minimum atomic E-state index is -0.293. The number of carbonyl (C=O) groups excluding carboxylic acids is 1. The Morgan fingerprint density at radius 2 is 2.33 bits per heavy atom. The molecule has 1 aliphatic carbocycles. The van der Waals surface area contributed by atoms with E-state index in [9.17, 15) is 4.79 Å². The van der Waals surface area contributed by atoms with E-state index in [0.717, 1.165) is 18.4 Å². The van der Waals surface area contributed by atoms with Crippen LogP contribution in [-0.2, 0) is 11.2 Å². The standard InChI is InChI=1S/C11H15NO2S/c1-6-4-3-5-7-8(6)9(10(12)15-7)11(13)14-2/h6H,3-5,12H2,1-2H3. The highest BCUT2D eigenvalue weighted by atomic mass is 32.1. The first kappa shape index (κ1) is 10.5. The number of methoxy groups -OCH3 is 1. The summed E-state index contributed by atoms with van der Waals surface area (Å²) < 4.78 is 4.78. The van der Waals surface area contributed by atoms with Gasteiger partial charge in [-0.25, -0.2) is 4.79 Å². The predicted octanol–water partition coefficient (Wildman–Crippen LogP) is 2.56. The smallest absolute Gasteiger partial charge is 0.341 e. The molecule has 1 aliphatic rings. The maximum absolute atomic E-state index is 11.6. The van der Waals surface area contributed by atoms with Crippen molar-refractivity contribution < 1.29 is 9.53 Å². The van der Waals surface area contributed by atoms with Gasteiger partial charge in [0.05, 0.1) is 12.7 Å². The SMILES string of the molecule is COC(=O)c1c(N)sc2c1C(C)CCC2. The first-order valence-corrected chi connectivity index (χ1v) is 5.96. The molecule has 0 radical (unpaired) electrons. The average molecular weight is 225 g/mol. The quantitative estimate of drug-likeness (QED) is 0.747. The summed E-state index contributed by atoms with van der Waals surface area (Å²) >= 11 is 1.54. The summed E-state index contributed by atoms with van der Waals surface area (Å²) in [5.41, 5.74) is 7.63. The highest BCUT2D eigenvalue weighted by Crippen LogP contribution is 2.42. The molecule has 1 unspecified atom stereocenters. The molecule has 0 saturated heterocycles. The van der Waals surface area contributed by atoms with Gasteiger partial charge in [-0.3, -0.25) is 0 Å². The number of thiophene rings is 1. The Hall–Kier alpha value is -1.03. The molecule has 82 valence electrons. The van der Waals surface area contributed by atoms with Crippen LogP contribution in [0.4, 0.5) is 5.00 Å². The number of hydrogen-bond acceptors (Lipinski definition) is 4. The molecule has 0 aromatic carbocycles. The first-order valence-electron chi connectivity index (χ1n) is 5.14. The minimum Gasteiger partial charge on any atom is -0.465 e. The highest BCUT2D eigenvalue weighted by Gasteiger charge is 2.28. The summed E-state index contributed by atoms with van der Waals surface area (Å²) in [5, 5.41) is 0.612. The van der Waals surface area contributed by atoms with E-state index in [4.69, 9.17) is 10.5 Å². The maximum Gasteiger partial charge on any atom is 0.341 e. The van der Waals surface area contributed by atoms with Crippen LogP contribution < -0.4 is 5.73 Å². The number of anilines is 1. The fourth-order valence-electron chi connectivity index (χ4n) is 2.24. The molecule has 4 heteroatoms. The summed E-state index contributed by atoms with van der Waals surface area (Å²) in [6, 6.07) is 0. The van der Waals surface area contributed by atoms with Crippen molar-refractivity contribution in [3.8, 4) is 0 Å². The van der Waals surface area contributed by atoms with Crippen molar-refractivity contribution >= 4 is 22.3 Å². The van der Waals surface area contributed by atoms with E-state index in [2.05, 4.69) is 6.92 Å². The van der Waals surface area contributed by atoms with Gasteiger partial charge in [0.2, 0.25) is 0 Å². The van der Waals surface area contributed by atoms with Crippen molar-refractivity contribution in [1.82, 2.24) is 0 Å². The zero-order valence-electron chi connectivity index (χ0n) is 9.00. The van der Waals surface area contributed by atoms with E-state index in [0.29, 0.717) is 16.5 Å². The van der Waals surface area contributed by atoms with E-state index >= 15 is 0 Å². The monoisotopic (exact) mass is 225 g/mol. The molecular formula is C11H15NO2S. The maximum atomic E-state index is 11.6. The molecule has 0 spiro atoms.